The number of fused-ring (bicyclic) bond motifs is 7. The van der Waals surface area contributed by atoms with Crippen LogP contribution >= 0.6 is 0 Å². The number of rotatable bonds is 9. The molecular weight excluding hydrogens is 819 g/mol. The monoisotopic (exact) mass is 896 g/mol. The number of carbonyl (C=O) groups is 3. The van der Waals surface area contributed by atoms with Gasteiger partial charge in [0.25, 0.3) is 0 Å². The van der Waals surface area contributed by atoms with Crippen LogP contribution in [0.2, 0.25) is 0 Å². The summed E-state index contributed by atoms with van der Waals surface area (Å²) in [7, 11) is 0. The first-order valence-electron chi connectivity index (χ1n) is 25.8. The van der Waals surface area contributed by atoms with Crippen molar-refractivity contribution in [3.8, 4) is 11.3 Å². The molecule has 0 spiro atoms. The van der Waals surface area contributed by atoms with Crippen LogP contribution in [0.4, 0.5) is 0 Å². The topological polar surface area (TPSA) is 102 Å². The molecule has 0 bridgehead atoms. The quantitative estimate of drug-likeness (QED) is 0.170. The zero-order valence-electron chi connectivity index (χ0n) is 41.3. The zero-order valence-corrected chi connectivity index (χ0v) is 41.3. The second-order valence-corrected chi connectivity index (χ2v) is 24.6. The highest BCUT2D eigenvalue weighted by Crippen LogP contribution is 2.78. The van der Waals surface area contributed by atoms with Gasteiger partial charge >= 0.3 is 11.9 Å². The molecule has 8 heteroatoms. The van der Waals surface area contributed by atoms with E-state index in [0.29, 0.717) is 41.9 Å². The predicted octanol–water partition coefficient (Wildman–Crippen LogP) is 12.7. The zero-order chi connectivity index (χ0) is 46.6. The molecule has 7 fully saturated rings. The highest BCUT2D eigenvalue weighted by atomic mass is 16.5. The van der Waals surface area contributed by atoms with E-state index >= 15 is 4.79 Å². The Hall–Kier alpha value is -4.20. The van der Waals surface area contributed by atoms with Gasteiger partial charge in [-0.15, -0.1) is 0 Å². The number of allylic oxidation sites excluding steroid dienone is 1. The van der Waals surface area contributed by atoms with Crippen molar-refractivity contribution in [2.24, 2.45) is 73.9 Å². The number of H-pyrrole nitrogens is 1. The van der Waals surface area contributed by atoms with Gasteiger partial charge in [-0.25, -0.2) is 4.98 Å². The highest BCUT2D eigenvalue weighted by molar-refractivity contribution is 5.85. The van der Waals surface area contributed by atoms with E-state index in [9.17, 15) is 9.59 Å². The Morgan fingerprint density at radius 2 is 1.47 bits per heavy atom. The number of carbonyl (C=O) groups excluding carboxylic acids is 3. The van der Waals surface area contributed by atoms with E-state index in [2.05, 4.69) is 82.3 Å². The van der Waals surface area contributed by atoms with Gasteiger partial charge in [-0.3, -0.25) is 14.4 Å². The Balaban J connectivity index is 0.849. The van der Waals surface area contributed by atoms with Gasteiger partial charge in [0.15, 0.2) is 0 Å². The lowest BCUT2D eigenvalue weighted by Crippen LogP contribution is -2.67. The Labute approximate surface area is 394 Å². The van der Waals surface area contributed by atoms with E-state index in [1.807, 2.05) is 56.4 Å². The van der Waals surface area contributed by atoms with Crippen LogP contribution in [0.25, 0.3) is 11.3 Å². The molecule has 6 saturated carbocycles. The van der Waals surface area contributed by atoms with E-state index in [1.165, 1.54) is 18.4 Å². The summed E-state index contributed by atoms with van der Waals surface area (Å²) in [5, 5.41) is 0. The number of ether oxygens (including phenoxy) is 2. The average Bonchev–Trinajstić information content (AvgIpc) is 4.07. The fraction of sp³-hybridized carbons (Fsp3) is 0.655. The number of amides is 1. The molecule has 1 N–H and O–H groups in total. The van der Waals surface area contributed by atoms with Crippen LogP contribution in [0.1, 0.15) is 156 Å². The van der Waals surface area contributed by atoms with Crippen molar-refractivity contribution >= 4 is 17.8 Å². The van der Waals surface area contributed by atoms with Gasteiger partial charge < -0.3 is 19.4 Å². The summed E-state index contributed by atoms with van der Waals surface area (Å²) < 4.78 is 12.4. The van der Waals surface area contributed by atoms with Crippen LogP contribution < -0.4 is 0 Å². The first-order chi connectivity index (χ1) is 31.4. The standard InChI is InChI=1S/C58H77N3O5/c1-36(2)39-24-29-58(52(64)61-32-16-21-44(61)49-59-34-43(60-49)38-19-14-11-15-20-38)31-30-56(8)40(48(39)58)22-23-46-55(7)27-26-47(54(5,6)45(55)25-28-57(46,56)9)66-51(63)42-33-41(53(42,3)4)50(62)65-35-37-17-12-10-13-18-37/h10-15,17-20,34,39-42,44-48H,1,16,21-33,35H2,2-9H3,(H,59,60)/t39-,40+,41?,42?,44+,45-,46+,47-,48+,55-,56+,57+,58-/m0/s1. The van der Waals surface area contributed by atoms with E-state index in [4.69, 9.17) is 14.5 Å². The van der Waals surface area contributed by atoms with Crippen molar-refractivity contribution in [1.29, 1.82) is 0 Å². The summed E-state index contributed by atoms with van der Waals surface area (Å²) in [6.45, 7) is 24.7. The molecule has 13 atom stereocenters. The van der Waals surface area contributed by atoms with Crippen molar-refractivity contribution in [1.82, 2.24) is 14.9 Å². The molecule has 7 aliphatic rings. The Morgan fingerprint density at radius 3 is 2.18 bits per heavy atom. The lowest BCUT2D eigenvalue weighted by atomic mass is 9.32. The summed E-state index contributed by atoms with van der Waals surface area (Å²) in [6, 6.07) is 20.1. The molecule has 1 aliphatic heterocycles. The Morgan fingerprint density at radius 1 is 0.758 bits per heavy atom. The van der Waals surface area contributed by atoms with Gasteiger partial charge in [0.1, 0.15) is 18.5 Å². The maximum absolute atomic E-state index is 15.6. The first-order valence-corrected chi connectivity index (χ1v) is 25.8. The van der Waals surface area contributed by atoms with Gasteiger partial charge in [-0.1, -0.05) is 121 Å². The smallest absolute Gasteiger partial charge is 0.309 e. The second kappa shape index (κ2) is 16.2. The second-order valence-electron chi connectivity index (χ2n) is 24.6. The molecule has 1 aromatic heterocycles. The third kappa shape index (κ3) is 6.77. The molecule has 10 rings (SSSR count). The maximum Gasteiger partial charge on any atom is 0.309 e. The third-order valence-electron chi connectivity index (χ3n) is 21.3. The van der Waals surface area contributed by atoms with E-state index < -0.39 is 5.41 Å². The number of nitrogens with one attached hydrogen (secondary N) is 1. The number of esters is 2. The van der Waals surface area contributed by atoms with E-state index in [0.717, 1.165) is 93.4 Å². The lowest BCUT2D eigenvalue weighted by molar-refractivity contribution is -0.251. The number of aromatic amines is 1. The summed E-state index contributed by atoms with van der Waals surface area (Å²) in [5.74, 6) is 2.41. The van der Waals surface area contributed by atoms with Crippen LogP contribution in [-0.2, 0) is 30.5 Å². The maximum atomic E-state index is 15.6. The van der Waals surface area contributed by atoms with Gasteiger partial charge in [0.05, 0.1) is 35.2 Å². The molecule has 354 valence electrons. The summed E-state index contributed by atoms with van der Waals surface area (Å²) in [6.07, 6.45) is 14.8. The van der Waals surface area contributed by atoms with E-state index in [1.54, 1.807) is 0 Å². The van der Waals surface area contributed by atoms with Crippen LogP contribution in [0.5, 0.6) is 0 Å². The first kappa shape index (κ1) is 45.6. The minimum atomic E-state index is -0.522. The normalized spacial score (nSPS) is 39.6. The predicted molar refractivity (Wildman–Crippen MR) is 258 cm³/mol. The molecule has 6 aliphatic carbocycles. The van der Waals surface area contributed by atoms with Crippen molar-refractivity contribution < 1.29 is 23.9 Å². The molecule has 3 aromatic rings. The number of hydrogen-bond donors (Lipinski definition) is 1. The SMILES string of the molecule is C=C(C)[C@@H]1CC[C@]2(C(=O)N3CCC[C@@H]3c3ncc(-c4ccccc4)[nH]3)CC[C@]3(C)[C@H](CC[C@@H]4[C@@]5(C)CC[C@H](OC(=O)C6CC(C(=O)OCc7ccccc7)C6(C)C)C(C)(C)[C@@H]5CC[C@]43C)[C@@H]12. The largest absolute Gasteiger partial charge is 0.462 e. The van der Waals surface area contributed by atoms with E-state index in [-0.39, 0.29) is 69.6 Å². The average molecular weight is 896 g/mol. The Bertz CT molecular complexity index is 2350. The number of hydrogen-bond acceptors (Lipinski definition) is 6. The minimum absolute atomic E-state index is 0.0190. The number of likely N-dealkylation sites (tertiary alicyclic amines) is 1. The summed E-state index contributed by atoms with van der Waals surface area (Å²) in [4.78, 5) is 53.8. The van der Waals surface area contributed by atoms with Crippen LogP contribution in [0.15, 0.2) is 79.0 Å². The molecule has 8 nitrogen and oxygen atoms in total. The number of nitrogens with zero attached hydrogens (tertiary/aromatic N) is 2. The summed E-state index contributed by atoms with van der Waals surface area (Å²) in [5.41, 5.74) is 3.64. The highest BCUT2D eigenvalue weighted by Gasteiger charge is 2.72. The van der Waals surface area contributed by atoms with Crippen molar-refractivity contribution in [2.75, 3.05) is 6.54 Å². The molecule has 2 heterocycles. The molecule has 1 saturated heterocycles. The van der Waals surface area contributed by atoms with Gasteiger partial charge in [0, 0.05) is 12.0 Å². The fourth-order valence-corrected chi connectivity index (χ4v) is 17.3. The molecule has 2 aromatic carbocycles. The third-order valence-corrected chi connectivity index (χ3v) is 21.3. The van der Waals surface area contributed by atoms with Gasteiger partial charge in [-0.05, 0) is 153 Å². The molecule has 66 heavy (non-hydrogen) atoms. The van der Waals surface area contributed by atoms with Crippen molar-refractivity contribution in [3.63, 3.8) is 0 Å². The number of imidazole rings is 1. The van der Waals surface area contributed by atoms with Crippen LogP contribution in [0, 0.1) is 73.9 Å². The minimum Gasteiger partial charge on any atom is -0.462 e. The van der Waals surface area contributed by atoms with Crippen LogP contribution in [-0.4, -0.2) is 45.4 Å². The van der Waals surface area contributed by atoms with Crippen LogP contribution in [0.3, 0.4) is 0 Å². The van der Waals surface area contributed by atoms with Crippen molar-refractivity contribution in [3.05, 3.63) is 90.4 Å². The van der Waals surface area contributed by atoms with Gasteiger partial charge in [-0.2, -0.15) is 0 Å². The summed E-state index contributed by atoms with van der Waals surface area (Å²) >= 11 is 0. The van der Waals surface area contributed by atoms with Crippen molar-refractivity contribution in [2.45, 2.75) is 158 Å². The lowest BCUT2D eigenvalue weighted by Gasteiger charge is -2.73. The number of benzene rings is 2. The molecule has 0 radical (unpaired) electrons. The molecular formula is C58H77N3O5. The fourth-order valence-electron chi connectivity index (χ4n) is 17.3. The number of aromatic nitrogens is 2. The molecule has 1 amide bonds. The van der Waals surface area contributed by atoms with Gasteiger partial charge in [0.2, 0.25) is 5.91 Å². The Kier molecular flexibility index (Phi) is 11.2. The molecule has 2 unspecified atom stereocenters.